The molecule has 6 rings (SSSR count). The van der Waals surface area contributed by atoms with Crippen molar-refractivity contribution >= 4 is 0 Å². The van der Waals surface area contributed by atoms with Crippen molar-refractivity contribution in [1.82, 2.24) is 0 Å². The Hall–Kier alpha value is -1.24. The number of rotatable bonds is 16. The van der Waals surface area contributed by atoms with E-state index in [1.807, 2.05) is 0 Å². The summed E-state index contributed by atoms with van der Waals surface area (Å²) in [5.41, 5.74) is 0. The van der Waals surface area contributed by atoms with Crippen LogP contribution in [0.1, 0.15) is 0 Å². The van der Waals surface area contributed by atoms with Gasteiger partial charge in [-0.3, -0.25) is 0 Å². The highest BCUT2D eigenvalue weighted by atomic mass is 16.8. The Morgan fingerprint density at radius 2 is 0.478 bits per heavy atom. The van der Waals surface area contributed by atoms with Crippen LogP contribution in [-0.4, -0.2) is 326 Å². The maximum atomic E-state index is 11.7. The van der Waals surface area contributed by atoms with Gasteiger partial charge in [-0.05, 0) is 0 Å². The van der Waals surface area contributed by atoms with E-state index in [0.717, 1.165) is 0 Å². The maximum Gasteiger partial charge on any atom is 0.187 e. The van der Waals surface area contributed by atoms with Crippen LogP contribution in [0.3, 0.4) is 0 Å². The molecule has 0 spiro atoms. The standard InChI is InChI=1S/C36H62O31/c37-1-7-14(44)20(50)27(31(56)57-7)64-35-30(23(53)17(47)10(4-40)61-35)67-36-29(22(52)16(46)11(5-41)62-36)66-33-25(55)26(18(48)12(6-42)59-33)63-34-28(21(51)15(45)9(3-39)60-34)65-32-24(54)19(49)13(43)8(2-38)58-32/h7-56H,1-6H2/t7-,8-,9-,10-,11-,12-,13-,14-,15-,16-,17-,18-,19+,20+,21+,22+,23+,24+,25+,26+,27+,28+,29+,30+,31+,32-,33-,34-,35-,36-/m1/s1. The molecule has 6 aliphatic rings. The van der Waals surface area contributed by atoms with Gasteiger partial charge in [0.2, 0.25) is 0 Å². The maximum absolute atomic E-state index is 11.7. The minimum atomic E-state index is -2.32. The Bertz CT molecular complexity index is 1510. The van der Waals surface area contributed by atoms with Crippen LogP contribution in [0.2, 0.25) is 0 Å². The molecule has 0 radical (unpaired) electrons. The van der Waals surface area contributed by atoms with Crippen LogP contribution in [-0.2, 0) is 52.1 Å². The molecule has 392 valence electrons. The normalized spacial score (nSPS) is 53.4. The summed E-state index contributed by atoms with van der Waals surface area (Å²) in [5, 5.41) is 211. The van der Waals surface area contributed by atoms with Gasteiger partial charge in [0.1, 0.15) is 146 Å². The SMILES string of the molecule is OC[C@H]1O[C@H](O[C@@H]2[C@@H](O[C@@H]3[C@H](O)[C@@H](O[C@@H]4[C@@H](O[C@@H]5[C@@H](O[C@H]6[C@@H](O)[C@H](O)[C@@H](CO)O[C@@H]6O)O[C@H](CO)[C@@H](O)[C@@H]5O)O[C@H](CO)[C@@H](O)[C@@H]4O)O[C@H](CO)[C@H]3O)O[C@H](CO)[C@@H](O)[C@@H]2O)[C@@H](O)[C@@H](O)[C@@H]1O. The molecule has 0 amide bonds. The van der Waals surface area contributed by atoms with Gasteiger partial charge in [0.15, 0.2) is 37.7 Å². The van der Waals surface area contributed by atoms with E-state index in [9.17, 15) is 102 Å². The first-order chi connectivity index (χ1) is 31.8. The molecule has 30 atom stereocenters. The number of aliphatic hydroxyl groups is 20. The predicted molar refractivity (Wildman–Crippen MR) is 199 cm³/mol. The second kappa shape index (κ2) is 23.5. The molecular weight excluding hydrogens is 928 g/mol. The van der Waals surface area contributed by atoms with Crippen molar-refractivity contribution in [2.45, 2.75) is 184 Å². The third kappa shape index (κ3) is 11.2. The predicted octanol–water partition coefficient (Wildman–Crippen LogP) is -14.1. The van der Waals surface area contributed by atoms with Gasteiger partial charge in [0.25, 0.3) is 0 Å². The summed E-state index contributed by atoms with van der Waals surface area (Å²) in [5.74, 6) is 0. The van der Waals surface area contributed by atoms with Gasteiger partial charge in [-0.15, -0.1) is 0 Å². The monoisotopic (exact) mass is 990 g/mol. The largest absolute Gasteiger partial charge is 0.394 e. The van der Waals surface area contributed by atoms with Crippen molar-refractivity contribution in [3.05, 3.63) is 0 Å². The Kier molecular flexibility index (Phi) is 19.4. The fourth-order valence-corrected chi connectivity index (χ4v) is 8.43. The van der Waals surface area contributed by atoms with E-state index >= 15 is 0 Å². The fraction of sp³-hybridized carbons (Fsp3) is 1.00. The van der Waals surface area contributed by atoms with E-state index in [2.05, 4.69) is 0 Å². The van der Waals surface area contributed by atoms with E-state index in [1.165, 1.54) is 0 Å². The van der Waals surface area contributed by atoms with Gasteiger partial charge < -0.3 is 154 Å². The summed E-state index contributed by atoms with van der Waals surface area (Å²) >= 11 is 0. The van der Waals surface area contributed by atoms with Gasteiger partial charge in [-0.2, -0.15) is 0 Å². The second-order valence-electron chi connectivity index (χ2n) is 16.8. The summed E-state index contributed by atoms with van der Waals surface area (Å²) < 4.78 is 61.7. The first-order valence-corrected chi connectivity index (χ1v) is 21.1. The van der Waals surface area contributed by atoms with Crippen LogP contribution < -0.4 is 0 Å². The Balaban J connectivity index is 1.27. The molecule has 0 saturated carbocycles. The molecule has 0 aliphatic carbocycles. The lowest BCUT2D eigenvalue weighted by Crippen LogP contribution is -2.69. The fourth-order valence-electron chi connectivity index (χ4n) is 8.43. The zero-order valence-corrected chi connectivity index (χ0v) is 35.0. The molecule has 6 fully saturated rings. The van der Waals surface area contributed by atoms with Crippen molar-refractivity contribution in [2.75, 3.05) is 39.6 Å². The number of hydrogen-bond acceptors (Lipinski definition) is 31. The van der Waals surface area contributed by atoms with E-state index in [4.69, 9.17) is 52.1 Å². The molecule has 0 aromatic carbocycles. The smallest absolute Gasteiger partial charge is 0.187 e. The highest BCUT2D eigenvalue weighted by Crippen LogP contribution is 2.37. The molecule has 20 N–H and O–H groups in total. The Labute approximate surface area is 378 Å². The highest BCUT2D eigenvalue weighted by Gasteiger charge is 2.58. The lowest BCUT2D eigenvalue weighted by Gasteiger charge is -2.50. The average molecular weight is 991 g/mol. The lowest BCUT2D eigenvalue weighted by molar-refractivity contribution is -0.412. The number of aliphatic hydroxyl groups excluding tert-OH is 20. The van der Waals surface area contributed by atoms with Crippen molar-refractivity contribution in [3.63, 3.8) is 0 Å². The molecule has 0 aromatic heterocycles. The first-order valence-electron chi connectivity index (χ1n) is 21.1. The summed E-state index contributed by atoms with van der Waals surface area (Å²) in [6, 6.07) is 0. The molecule has 31 nitrogen and oxygen atoms in total. The molecule has 6 aliphatic heterocycles. The number of hydrogen-bond donors (Lipinski definition) is 20. The van der Waals surface area contributed by atoms with Gasteiger partial charge >= 0.3 is 0 Å². The summed E-state index contributed by atoms with van der Waals surface area (Å²) in [6.07, 6.45) is -59.6. The quantitative estimate of drug-likeness (QED) is 0.0683. The first kappa shape index (κ1) is 55.1. The zero-order chi connectivity index (χ0) is 49.3. The van der Waals surface area contributed by atoms with Gasteiger partial charge in [0, 0.05) is 0 Å². The van der Waals surface area contributed by atoms with Gasteiger partial charge in [0.05, 0.1) is 39.6 Å². The second-order valence-corrected chi connectivity index (χ2v) is 16.8. The molecule has 0 aromatic rings. The third-order valence-electron chi connectivity index (χ3n) is 12.4. The molecular formula is C36H62O31. The van der Waals surface area contributed by atoms with Crippen molar-refractivity contribution in [2.24, 2.45) is 0 Å². The Morgan fingerprint density at radius 3 is 0.851 bits per heavy atom. The topological polar surface area (TPSA) is 506 Å². The van der Waals surface area contributed by atoms with Crippen LogP contribution in [0, 0.1) is 0 Å². The van der Waals surface area contributed by atoms with Crippen molar-refractivity contribution < 1.29 is 154 Å². The molecule has 0 unspecified atom stereocenters. The number of ether oxygens (including phenoxy) is 11. The lowest BCUT2D eigenvalue weighted by atomic mass is 9.95. The van der Waals surface area contributed by atoms with Crippen LogP contribution >= 0.6 is 0 Å². The highest BCUT2D eigenvalue weighted by molar-refractivity contribution is 5.00. The van der Waals surface area contributed by atoms with E-state index < -0.39 is 224 Å². The zero-order valence-electron chi connectivity index (χ0n) is 35.0. The molecule has 6 heterocycles. The van der Waals surface area contributed by atoms with Gasteiger partial charge in [-0.1, -0.05) is 0 Å². The minimum absolute atomic E-state index is 0.859. The Morgan fingerprint density at radius 1 is 0.224 bits per heavy atom. The third-order valence-corrected chi connectivity index (χ3v) is 12.4. The molecule has 31 heteroatoms. The van der Waals surface area contributed by atoms with Crippen LogP contribution in [0.25, 0.3) is 0 Å². The molecule has 0 bridgehead atoms. The van der Waals surface area contributed by atoms with Crippen LogP contribution in [0.5, 0.6) is 0 Å². The van der Waals surface area contributed by atoms with E-state index in [1.54, 1.807) is 0 Å². The minimum Gasteiger partial charge on any atom is -0.394 e. The summed E-state index contributed by atoms with van der Waals surface area (Å²) in [6.45, 7) is -5.82. The molecule has 67 heavy (non-hydrogen) atoms. The summed E-state index contributed by atoms with van der Waals surface area (Å²) in [7, 11) is 0. The summed E-state index contributed by atoms with van der Waals surface area (Å²) in [4.78, 5) is 0. The van der Waals surface area contributed by atoms with E-state index in [0.29, 0.717) is 0 Å². The van der Waals surface area contributed by atoms with Crippen LogP contribution in [0.15, 0.2) is 0 Å². The van der Waals surface area contributed by atoms with E-state index in [-0.39, 0.29) is 0 Å². The van der Waals surface area contributed by atoms with Crippen LogP contribution in [0.4, 0.5) is 0 Å². The van der Waals surface area contributed by atoms with Crippen molar-refractivity contribution in [3.8, 4) is 0 Å². The van der Waals surface area contributed by atoms with Crippen molar-refractivity contribution in [1.29, 1.82) is 0 Å². The average Bonchev–Trinajstić information content (AvgIpc) is 3.31. The molecule has 6 saturated heterocycles. The van der Waals surface area contributed by atoms with Gasteiger partial charge in [-0.25, -0.2) is 0 Å².